The van der Waals surface area contributed by atoms with Crippen LogP contribution in [-0.2, 0) is 7.05 Å². The molecule has 5 nitrogen and oxygen atoms in total. The van der Waals surface area contributed by atoms with Crippen LogP contribution < -0.4 is 11.1 Å². The van der Waals surface area contributed by atoms with Crippen LogP contribution >= 0.6 is 0 Å². The number of nitrogens with two attached hydrogens (primary N) is 1. The van der Waals surface area contributed by atoms with Crippen molar-refractivity contribution in [1.29, 1.82) is 0 Å². The van der Waals surface area contributed by atoms with Crippen molar-refractivity contribution in [3.63, 3.8) is 0 Å². The Labute approximate surface area is 109 Å². The number of aromatic nitrogens is 2. The van der Waals surface area contributed by atoms with Crippen molar-refractivity contribution in [2.24, 2.45) is 18.2 Å². The van der Waals surface area contributed by atoms with Crippen molar-refractivity contribution in [3.8, 4) is 0 Å². The summed E-state index contributed by atoms with van der Waals surface area (Å²) in [6, 6.07) is 1.74. The van der Waals surface area contributed by atoms with Crippen LogP contribution in [0.1, 0.15) is 43.4 Å². The molecule has 0 saturated carbocycles. The van der Waals surface area contributed by atoms with Gasteiger partial charge in [-0.25, -0.2) is 0 Å². The van der Waals surface area contributed by atoms with E-state index in [1.165, 1.54) is 0 Å². The summed E-state index contributed by atoms with van der Waals surface area (Å²) in [6.07, 6.45) is 0.873. The van der Waals surface area contributed by atoms with Crippen molar-refractivity contribution in [2.75, 3.05) is 6.54 Å². The normalized spacial score (nSPS) is 13.4. The van der Waals surface area contributed by atoms with E-state index in [0.717, 1.165) is 12.1 Å². The molecule has 5 heteroatoms. The second-order valence-corrected chi connectivity index (χ2v) is 6.03. The van der Waals surface area contributed by atoms with Crippen LogP contribution in [0.25, 0.3) is 0 Å². The molecule has 0 spiro atoms. The molecule has 0 bridgehead atoms. The summed E-state index contributed by atoms with van der Waals surface area (Å²) >= 11 is 0. The Hall–Kier alpha value is -1.36. The number of carbonyl (C=O) groups is 1. The van der Waals surface area contributed by atoms with Crippen molar-refractivity contribution in [1.82, 2.24) is 15.1 Å². The third kappa shape index (κ3) is 4.49. The van der Waals surface area contributed by atoms with Gasteiger partial charge in [-0.1, -0.05) is 20.8 Å². The largest absolute Gasteiger partial charge is 0.349 e. The van der Waals surface area contributed by atoms with Gasteiger partial charge in [0.2, 0.25) is 0 Å². The summed E-state index contributed by atoms with van der Waals surface area (Å²) in [5, 5.41) is 6.99. The fourth-order valence-corrected chi connectivity index (χ4v) is 2.00. The average Bonchev–Trinajstić information content (AvgIpc) is 2.52. The molecule has 0 aliphatic carbocycles. The van der Waals surface area contributed by atoms with E-state index >= 15 is 0 Å². The second kappa shape index (κ2) is 5.52. The summed E-state index contributed by atoms with van der Waals surface area (Å²) < 4.78 is 1.58. The number of hydrogen-bond acceptors (Lipinski definition) is 3. The van der Waals surface area contributed by atoms with E-state index in [4.69, 9.17) is 5.73 Å². The van der Waals surface area contributed by atoms with E-state index in [1.807, 2.05) is 6.92 Å². The zero-order chi connectivity index (χ0) is 13.9. The SMILES string of the molecule is Cc1cc(C(=O)NCC(N)CC(C)(C)C)n(C)n1. The molecule has 0 aliphatic rings. The highest BCUT2D eigenvalue weighted by Gasteiger charge is 2.17. The molecule has 0 aliphatic heterocycles. The molecule has 0 fully saturated rings. The Morgan fingerprint density at radius 2 is 2.17 bits per heavy atom. The number of carbonyl (C=O) groups excluding carboxylic acids is 1. The maximum Gasteiger partial charge on any atom is 0.269 e. The molecule has 1 heterocycles. The van der Waals surface area contributed by atoms with Gasteiger partial charge >= 0.3 is 0 Å². The second-order valence-electron chi connectivity index (χ2n) is 6.03. The first-order valence-electron chi connectivity index (χ1n) is 6.23. The molecule has 1 aromatic rings. The molecule has 1 rings (SSSR count). The monoisotopic (exact) mass is 252 g/mol. The third-order valence-electron chi connectivity index (χ3n) is 2.63. The van der Waals surface area contributed by atoms with Crippen LogP contribution in [0.3, 0.4) is 0 Å². The van der Waals surface area contributed by atoms with Gasteiger partial charge in [0.25, 0.3) is 5.91 Å². The molecule has 0 saturated heterocycles. The number of nitrogens with zero attached hydrogens (tertiary/aromatic N) is 2. The average molecular weight is 252 g/mol. The number of amides is 1. The minimum Gasteiger partial charge on any atom is -0.349 e. The summed E-state index contributed by atoms with van der Waals surface area (Å²) in [5.41, 5.74) is 7.57. The van der Waals surface area contributed by atoms with Gasteiger partial charge < -0.3 is 11.1 Å². The highest BCUT2D eigenvalue weighted by molar-refractivity contribution is 5.92. The fraction of sp³-hybridized carbons (Fsp3) is 0.692. The first kappa shape index (κ1) is 14.7. The number of rotatable bonds is 4. The van der Waals surface area contributed by atoms with Crippen LogP contribution in [0.2, 0.25) is 0 Å². The van der Waals surface area contributed by atoms with Crippen molar-refractivity contribution in [2.45, 2.75) is 40.2 Å². The van der Waals surface area contributed by atoms with Crippen LogP contribution in [0.5, 0.6) is 0 Å². The van der Waals surface area contributed by atoms with Gasteiger partial charge in [-0.15, -0.1) is 0 Å². The first-order valence-corrected chi connectivity index (χ1v) is 6.23. The maximum absolute atomic E-state index is 11.9. The molecule has 1 amide bonds. The smallest absolute Gasteiger partial charge is 0.269 e. The molecule has 1 unspecified atom stereocenters. The van der Waals surface area contributed by atoms with E-state index in [2.05, 4.69) is 31.2 Å². The van der Waals surface area contributed by atoms with Gasteiger partial charge in [-0.05, 0) is 24.8 Å². The van der Waals surface area contributed by atoms with Gasteiger partial charge in [-0.3, -0.25) is 9.48 Å². The molecule has 1 aromatic heterocycles. The lowest BCUT2D eigenvalue weighted by Crippen LogP contribution is -2.39. The Bertz CT molecular complexity index is 417. The highest BCUT2D eigenvalue weighted by atomic mass is 16.2. The molecule has 0 aromatic carbocycles. The highest BCUT2D eigenvalue weighted by Crippen LogP contribution is 2.19. The van der Waals surface area contributed by atoms with Gasteiger partial charge in [0.1, 0.15) is 5.69 Å². The van der Waals surface area contributed by atoms with Gasteiger partial charge in [0.15, 0.2) is 0 Å². The first-order chi connectivity index (χ1) is 8.19. The standard InChI is InChI=1S/C13H24N4O/c1-9-6-11(17(5)16-9)12(18)15-8-10(14)7-13(2,3)4/h6,10H,7-8,14H2,1-5H3,(H,15,18). The minimum atomic E-state index is -0.123. The Balaban J connectivity index is 2.49. The third-order valence-corrected chi connectivity index (χ3v) is 2.63. The molecule has 0 radical (unpaired) electrons. The summed E-state index contributed by atoms with van der Waals surface area (Å²) in [6.45, 7) is 8.76. The van der Waals surface area contributed by atoms with E-state index in [1.54, 1.807) is 17.8 Å². The lowest BCUT2D eigenvalue weighted by atomic mass is 9.88. The van der Waals surface area contributed by atoms with Crippen LogP contribution in [0, 0.1) is 12.3 Å². The van der Waals surface area contributed by atoms with Gasteiger partial charge in [0, 0.05) is 19.6 Å². The topological polar surface area (TPSA) is 72.9 Å². The number of nitrogens with one attached hydrogen (secondary N) is 1. The lowest BCUT2D eigenvalue weighted by molar-refractivity contribution is 0.0939. The van der Waals surface area contributed by atoms with Crippen molar-refractivity contribution in [3.05, 3.63) is 17.5 Å². The van der Waals surface area contributed by atoms with Crippen molar-refractivity contribution < 1.29 is 4.79 Å². The zero-order valence-corrected chi connectivity index (χ0v) is 11.9. The Morgan fingerprint density at radius 3 is 2.61 bits per heavy atom. The predicted octanol–water partition coefficient (Wildman–Crippen LogP) is 1.22. The molecule has 1 atom stereocenters. The van der Waals surface area contributed by atoms with E-state index in [-0.39, 0.29) is 17.4 Å². The summed E-state index contributed by atoms with van der Waals surface area (Å²) in [4.78, 5) is 11.9. The molecule has 18 heavy (non-hydrogen) atoms. The number of hydrogen-bond donors (Lipinski definition) is 2. The maximum atomic E-state index is 11.9. The predicted molar refractivity (Wildman–Crippen MR) is 72.3 cm³/mol. The Kier molecular flexibility index (Phi) is 4.51. The van der Waals surface area contributed by atoms with Gasteiger partial charge in [-0.2, -0.15) is 5.10 Å². The minimum absolute atomic E-state index is 0.0247. The van der Waals surface area contributed by atoms with Crippen molar-refractivity contribution >= 4 is 5.91 Å². The quantitative estimate of drug-likeness (QED) is 0.846. The fourth-order valence-electron chi connectivity index (χ4n) is 2.00. The van der Waals surface area contributed by atoms with Crippen LogP contribution in [0.4, 0.5) is 0 Å². The van der Waals surface area contributed by atoms with E-state index in [0.29, 0.717) is 12.2 Å². The molecule has 3 N–H and O–H groups in total. The van der Waals surface area contributed by atoms with Crippen LogP contribution in [0.15, 0.2) is 6.07 Å². The lowest BCUT2D eigenvalue weighted by Gasteiger charge is -2.23. The summed E-state index contributed by atoms with van der Waals surface area (Å²) in [5.74, 6) is -0.123. The molecule has 102 valence electrons. The molecular weight excluding hydrogens is 228 g/mol. The van der Waals surface area contributed by atoms with Gasteiger partial charge in [0.05, 0.1) is 5.69 Å². The Morgan fingerprint density at radius 1 is 1.56 bits per heavy atom. The zero-order valence-electron chi connectivity index (χ0n) is 11.9. The molecular formula is C13H24N4O. The van der Waals surface area contributed by atoms with E-state index in [9.17, 15) is 4.79 Å². The van der Waals surface area contributed by atoms with E-state index < -0.39 is 0 Å². The van der Waals surface area contributed by atoms with Crippen LogP contribution in [-0.4, -0.2) is 28.3 Å². The summed E-state index contributed by atoms with van der Waals surface area (Å²) in [7, 11) is 1.76. The number of aryl methyl sites for hydroxylation is 2.